The molecule has 1 atom stereocenters. The second kappa shape index (κ2) is 9.63. The summed E-state index contributed by atoms with van der Waals surface area (Å²) in [6, 6.07) is 10.1. The molecule has 0 bridgehead atoms. The van der Waals surface area contributed by atoms with E-state index in [0.717, 1.165) is 17.4 Å². The molecule has 1 aromatic carbocycles. The number of methoxy groups -OCH3 is 1. The summed E-state index contributed by atoms with van der Waals surface area (Å²) in [4.78, 5) is 16.1. The van der Waals surface area contributed by atoms with Crippen LogP contribution < -0.4 is 9.47 Å². The van der Waals surface area contributed by atoms with Gasteiger partial charge in [-0.05, 0) is 68.5 Å². The van der Waals surface area contributed by atoms with Crippen LogP contribution in [0.2, 0.25) is 0 Å². The van der Waals surface area contributed by atoms with Gasteiger partial charge in [-0.15, -0.1) is 0 Å². The van der Waals surface area contributed by atoms with Gasteiger partial charge in [0, 0.05) is 30.7 Å². The lowest BCUT2D eigenvalue weighted by Gasteiger charge is -2.32. The largest absolute Gasteiger partial charge is 0.491 e. The average Bonchev–Trinajstić information content (AvgIpc) is 3.16. The van der Waals surface area contributed by atoms with Crippen molar-refractivity contribution in [1.29, 1.82) is 0 Å². The Morgan fingerprint density at radius 3 is 2.59 bits per heavy atom. The zero-order valence-corrected chi connectivity index (χ0v) is 20.3. The molecule has 0 saturated carbocycles. The van der Waals surface area contributed by atoms with Gasteiger partial charge >= 0.3 is 5.97 Å². The van der Waals surface area contributed by atoms with E-state index in [1.165, 1.54) is 11.4 Å². The molecule has 0 radical (unpaired) electrons. The fourth-order valence-electron chi connectivity index (χ4n) is 4.41. The summed E-state index contributed by atoms with van der Waals surface area (Å²) < 4.78 is 40.7. The number of aliphatic carboxylic acids is 1. The van der Waals surface area contributed by atoms with Crippen LogP contribution in [0.25, 0.3) is 11.0 Å². The number of pyridine rings is 1. The van der Waals surface area contributed by atoms with E-state index >= 15 is 0 Å². The van der Waals surface area contributed by atoms with Gasteiger partial charge in [-0.25, -0.2) is 8.42 Å². The molecule has 1 aliphatic heterocycles. The average molecular weight is 488 g/mol. The van der Waals surface area contributed by atoms with E-state index in [4.69, 9.17) is 9.47 Å². The first-order valence-electron chi connectivity index (χ1n) is 11.2. The highest BCUT2D eigenvalue weighted by Crippen LogP contribution is 2.35. The van der Waals surface area contributed by atoms with Gasteiger partial charge in [0.05, 0.1) is 18.1 Å². The SMILES string of the molecule is COc1ccc2c(C3CCCN(S(=O)(=O)c4ccc(OC(C)C)cc4)C3)cn(CC(=O)O)c2n1. The Kier molecular flexibility index (Phi) is 6.81. The van der Waals surface area contributed by atoms with E-state index in [2.05, 4.69) is 4.98 Å². The van der Waals surface area contributed by atoms with E-state index in [0.29, 0.717) is 36.8 Å². The fourth-order valence-corrected chi connectivity index (χ4v) is 5.93. The maximum Gasteiger partial charge on any atom is 0.323 e. The van der Waals surface area contributed by atoms with Gasteiger partial charge in [-0.3, -0.25) is 4.79 Å². The van der Waals surface area contributed by atoms with Crippen LogP contribution in [0.3, 0.4) is 0 Å². The highest BCUT2D eigenvalue weighted by atomic mass is 32.2. The van der Waals surface area contributed by atoms with Crippen molar-refractivity contribution in [3.8, 4) is 11.6 Å². The smallest absolute Gasteiger partial charge is 0.323 e. The number of hydrogen-bond acceptors (Lipinski definition) is 6. The van der Waals surface area contributed by atoms with Crippen molar-refractivity contribution < 1.29 is 27.8 Å². The summed E-state index contributed by atoms with van der Waals surface area (Å²) in [6.45, 7) is 4.33. The van der Waals surface area contributed by atoms with Crippen molar-refractivity contribution in [2.45, 2.75) is 50.2 Å². The summed E-state index contributed by atoms with van der Waals surface area (Å²) >= 11 is 0. The molecule has 1 unspecified atom stereocenters. The first-order chi connectivity index (χ1) is 16.2. The number of aromatic nitrogens is 2. The van der Waals surface area contributed by atoms with Gasteiger partial charge < -0.3 is 19.1 Å². The minimum Gasteiger partial charge on any atom is -0.491 e. The zero-order chi connectivity index (χ0) is 24.5. The Hall–Kier alpha value is -3.11. The molecule has 4 rings (SSSR count). The standard InChI is InChI=1S/C24H29N3O6S/c1-16(2)33-18-6-8-19(9-7-18)34(30,31)27-12-4-5-17(13-27)21-14-26(15-23(28)29)24-20(21)10-11-22(25-24)32-3/h6-11,14,16-17H,4-5,12-13,15H2,1-3H3,(H,28,29). The first-order valence-corrected chi connectivity index (χ1v) is 12.7. The molecule has 3 heterocycles. The second-order valence-corrected chi connectivity index (χ2v) is 10.6. The van der Waals surface area contributed by atoms with Crippen LogP contribution in [0.15, 0.2) is 47.5 Å². The van der Waals surface area contributed by atoms with Crippen molar-refractivity contribution in [1.82, 2.24) is 13.9 Å². The van der Waals surface area contributed by atoms with Crippen molar-refractivity contribution in [2.75, 3.05) is 20.2 Å². The lowest BCUT2D eigenvalue weighted by Crippen LogP contribution is -2.39. The number of carbonyl (C=O) groups is 1. The Morgan fingerprint density at radius 2 is 1.94 bits per heavy atom. The topological polar surface area (TPSA) is 111 Å². The Labute approximate surface area is 199 Å². The quantitative estimate of drug-likeness (QED) is 0.518. The van der Waals surface area contributed by atoms with E-state index in [9.17, 15) is 18.3 Å². The molecule has 10 heteroatoms. The van der Waals surface area contributed by atoms with Crippen LogP contribution in [0, 0.1) is 0 Å². The number of carboxylic acid groups (broad SMARTS) is 1. The molecule has 9 nitrogen and oxygen atoms in total. The number of nitrogens with zero attached hydrogens (tertiary/aromatic N) is 3. The number of rotatable bonds is 8. The third-order valence-corrected chi connectivity index (χ3v) is 7.78. The monoisotopic (exact) mass is 487 g/mol. The summed E-state index contributed by atoms with van der Waals surface area (Å²) in [5.41, 5.74) is 1.41. The number of benzene rings is 1. The van der Waals surface area contributed by atoms with Crippen LogP contribution in [-0.2, 0) is 21.4 Å². The summed E-state index contributed by atoms with van der Waals surface area (Å²) in [5, 5.41) is 10.1. The highest BCUT2D eigenvalue weighted by Gasteiger charge is 2.32. The molecule has 0 aliphatic carbocycles. The van der Waals surface area contributed by atoms with Gasteiger partial charge in [0.25, 0.3) is 0 Å². The third-order valence-electron chi connectivity index (χ3n) is 5.90. The van der Waals surface area contributed by atoms with Crippen molar-refractivity contribution >= 4 is 27.0 Å². The van der Waals surface area contributed by atoms with Gasteiger partial charge in [0.1, 0.15) is 17.9 Å². The third kappa shape index (κ3) is 4.88. The lowest BCUT2D eigenvalue weighted by molar-refractivity contribution is -0.137. The van der Waals surface area contributed by atoms with Crippen LogP contribution in [-0.4, -0.2) is 59.7 Å². The predicted molar refractivity (Wildman–Crippen MR) is 127 cm³/mol. The molecule has 34 heavy (non-hydrogen) atoms. The van der Waals surface area contributed by atoms with Gasteiger partial charge in [-0.2, -0.15) is 9.29 Å². The molecule has 0 spiro atoms. The molecule has 1 aliphatic rings. The van der Waals surface area contributed by atoms with Crippen LogP contribution in [0.1, 0.15) is 38.2 Å². The van der Waals surface area contributed by atoms with Gasteiger partial charge in [0.2, 0.25) is 15.9 Å². The van der Waals surface area contributed by atoms with Gasteiger partial charge in [0.15, 0.2) is 0 Å². The number of sulfonamides is 1. The summed E-state index contributed by atoms with van der Waals surface area (Å²) in [5.74, 6) is -0.0493. The number of hydrogen-bond donors (Lipinski definition) is 1. The Balaban J connectivity index is 1.63. The van der Waals surface area contributed by atoms with E-state index in [-0.39, 0.29) is 23.5 Å². The fraction of sp³-hybridized carbons (Fsp3) is 0.417. The molecule has 3 aromatic rings. The normalized spacial score (nSPS) is 17.2. The van der Waals surface area contributed by atoms with Crippen LogP contribution in [0.4, 0.5) is 0 Å². The van der Waals surface area contributed by atoms with E-state index in [1.54, 1.807) is 41.1 Å². The Bertz CT molecular complexity index is 1280. The molecule has 2 aromatic heterocycles. The van der Waals surface area contributed by atoms with Crippen LogP contribution in [0.5, 0.6) is 11.6 Å². The van der Waals surface area contributed by atoms with E-state index in [1.807, 2.05) is 19.9 Å². The number of piperidine rings is 1. The molecular weight excluding hydrogens is 458 g/mol. The minimum absolute atomic E-state index is 0.00280. The molecule has 1 N–H and O–H groups in total. The lowest BCUT2D eigenvalue weighted by atomic mass is 9.92. The number of fused-ring (bicyclic) bond motifs is 1. The zero-order valence-electron chi connectivity index (χ0n) is 19.5. The highest BCUT2D eigenvalue weighted by molar-refractivity contribution is 7.89. The first kappa shape index (κ1) is 24.0. The minimum atomic E-state index is -3.68. The van der Waals surface area contributed by atoms with Gasteiger partial charge in [-0.1, -0.05) is 0 Å². The maximum absolute atomic E-state index is 13.4. The summed E-state index contributed by atoms with van der Waals surface area (Å²) in [7, 11) is -2.18. The second-order valence-electron chi connectivity index (χ2n) is 8.67. The Morgan fingerprint density at radius 1 is 1.21 bits per heavy atom. The van der Waals surface area contributed by atoms with Crippen molar-refractivity contribution in [3.05, 3.63) is 48.2 Å². The van der Waals surface area contributed by atoms with Crippen molar-refractivity contribution in [3.63, 3.8) is 0 Å². The van der Waals surface area contributed by atoms with Crippen LogP contribution >= 0.6 is 0 Å². The molecule has 1 fully saturated rings. The summed E-state index contributed by atoms with van der Waals surface area (Å²) in [6.07, 6.45) is 3.28. The molecule has 0 amide bonds. The maximum atomic E-state index is 13.4. The molecular formula is C24H29N3O6S. The molecule has 1 saturated heterocycles. The molecule has 182 valence electrons. The van der Waals surface area contributed by atoms with Crippen molar-refractivity contribution in [2.24, 2.45) is 0 Å². The predicted octanol–water partition coefficient (Wildman–Crippen LogP) is 3.49. The number of carboxylic acids is 1. The number of ether oxygens (including phenoxy) is 2. The van der Waals surface area contributed by atoms with E-state index < -0.39 is 16.0 Å².